The second kappa shape index (κ2) is 11.3. The smallest absolute Gasteiger partial charge is 0.426 e. The molecular weight excluding hydrogens is 558 g/mol. The van der Waals surface area contributed by atoms with Gasteiger partial charge < -0.3 is 10.1 Å². The summed E-state index contributed by atoms with van der Waals surface area (Å²) in [5, 5.41) is 7.35. The summed E-state index contributed by atoms with van der Waals surface area (Å²) in [7, 11) is 0. The molecule has 0 aliphatic rings. The van der Waals surface area contributed by atoms with E-state index in [1.54, 1.807) is 25.1 Å². The summed E-state index contributed by atoms with van der Waals surface area (Å²) in [5.41, 5.74) is 4.71. The summed E-state index contributed by atoms with van der Waals surface area (Å²) in [6, 6.07) is 7.52. The number of hydrogen-bond donors (Lipinski definition) is 3. The molecule has 178 valence electrons. The number of nitrogens with one attached hydrogen (secondary N) is 3. The monoisotopic (exact) mass is 572 g/mol. The highest BCUT2D eigenvalue weighted by molar-refractivity contribution is 9.10. The largest absolute Gasteiger partial charge is 0.446 e. The van der Waals surface area contributed by atoms with Crippen molar-refractivity contribution in [3.8, 4) is 5.82 Å². The minimum atomic E-state index is -1.06. The first kappa shape index (κ1) is 25.4. The van der Waals surface area contributed by atoms with Gasteiger partial charge in [-0.25, -0.2) is 24.3 Å². The predicted molar refractivity (Wildman–Crippen MR) is 126 cm³/mol. The molecule has 34 heavy (non-hydrogen) atoms. The summed E-state index contributed by atoms with van der Waals surface area (Å²) in [5.74, 6) is -1.21. The number of benzene rings is 1. The molecule has 10 nitrogen and oxygen atoms in total. The number of hydrogen-bond acceptors (Lipinski definition) is 6. The lowest BCUT2D eigenvalue weighted by Gasteiger charge is -2.15. The number of amides is 3. The molecule has 3 amide bonds. The molecule has 0 spiro atoms. The number of hydrazine groups is 1. The fourth-order valence-corrected chi connectivity index (χ4v) is 3.67. The van der Waals surface area contributed by atoms with Crippen LogP contribution in [0.15, 0.2) is 41.1 Å². The van der Waals surface area contributed by atoms with E-state index in [0.29, 0.717) is 10.2 Å². The number of ether oxygens (including phenoxy) is 1. The maximum absolute atomic E-state index is 13.2. The highest BCUT2D eigenvalue weighted by Crippen LogP contribution is 2.27. The Kier molecular flexibility index (Phi) is 8.42. The molecule has 3 aromatic rings. The van der Waals surface area contributed by atoms with Crippen LogP contribution in [0.5, 0.6) is 0 Å². The van der Waals surface area contributed by atoms with Crippen LogP contribution in [0.25, 0.3) is 5.82 Å². The van der Waals surface area contributed by atoms with E-state index >= 15 is 0 Å². The van der Waals surface area contributed by atoms with E-state index in [1.807, 2.05) is 5.43 Å². The summed E-state index contributed by atoms with van der Waals surface area (Å²) < 4.78 is 18.2. The van der Waals surface area contributed by atoms with Gasteiger partial charge in [-0.05, 0) is 52.7 Å². The summed E-state index contributed by atoms with van der Waals surface area (Å²) in [4.78, 5) is 41.5. The summed E-state index contributed by atoms with van der Waals surface area (Å²) >= 11 is 15.5. The van der Waals surface area contributed by atoms with Crippen molar-refractivity contribution in [3.63, 3.8) is 0 Å². The average Bonchev–Trinajstić information content (AvgIpc) is 3.19. The van der Waals surface area contributed by atoms with E-state index in [1.165, 1.54) is 23.0 Å². The topological polar surface area (TPSA) is 127 Å². The third-order valence-electron chi connectivity index (χ3n) is 4.22. The average molecular weight is 574 g/mol. The Bertz CT molecular complexity index is 1260. The second-order valence-electron chi connectivity index (χ2n) is 6.58. The van der Waals surface area contributed by atoms with Crippen molar-refractivity contribution in [3.05, 3.63) is 68.0 Å². The van der Waals surface area contributed by atoms with Gasteiger partial charge in [-0.1, -0.05) is 23.2 Å². The van der Waals surface area contributed by atoms with E-state index in [4.69, 9.17) is 23.2 Å². The quantitative estimate of drug-likeness (QED) is 0.379. The fourth-order valence-electron chi connectivity index (χ4n) is 2.82. The fraction of sp³-hybridized carbons (Fsp3) is 0.150. The molecule has 14 heteroatoms. The van der Waals surface area contributed by atoms with E-state index in [-0.39, 0.29) is 32.8 Å². The van der Waals surface area contributed by atoms with Crippen molar-refractivity contribution in [2.75, 3.05) is 18.6 Å². The summed E-state index contributed by atoms with van der Waals surface area (Å²) in [6.45, 7) is 0.286. The van der Waals surface area contributed by atoms with Crippen LogP contribution in [-0.2, 0) is 4.74 Å². The molecule has 0 fully saturated rings. The van der Waals surface area contributed by atoms with Crippen LogP contribution in [0, 0.1) is 6.92 Å². The molecule has 0 saturated carbocycles. The molecule has 0 aliphatic heterocycles. The summed E-state index contributed by atoms with van der Waals surface area (Å²) in [6.07, 6.45) is 0.437. The van der Waals surface area contributed by atoms with Gasteiger partial charge in [-0.3, -0.25) is 15.0 Å². The third-order valence-corrected chi connectivity index (χ3v) is 5.12. The number of alkyl halides is 1. The molecule has 0 unspecified atom stereocenters. The number of aromatic nitrogens is 3. The Morgan fingerprint density at radius 2 is 1.94 bits per heavy atom. The van der Waals surface area contributed by atoms with Gasteiger partial charge in [-0.2, -0.15) is 5.10 Å². The Morgan fingerprint density at radius 3 is 2.65 bits per heavy atom. The number of carbonyl (C=O) groups is 3. The number of rotatable bonds is 6. The number of carbonyl (C=O) groups excluding carboxylic acids is 3. The van der Waals surface area contributed by atoms with Gasteiger partial charge in [0, 0.05) is 17.3 Å². The van der Waals surface area contributed by atoms with Gasteiger partial charge in [0.25, 0.3) is 11.8 Å². The van der Waals surface area contributed by atoms with Gasteiger partial charge in [0.1, 0.15) is 23.6 Å². The van der Waals surface area contributed by atoms with Crippen LogP contribution in [0.3, 0.4) is 0 Å². The first-order chi connectivity index (χ1) is 16.2. The van der Waals surface area contributed by atoms with Crippen molar-refractivity contribution in [2.45, 2.75) is 6.92 Å². The van der Waals surface area contributed by atoms with Crippen LogP contribution >= 0.6 is 39.1 Å². The molecule has 3 N–H and O–H groups in total. The molecule has 3 rings (SSSR count). The Morgan fingerprint density at radius 1 is 1.18 bits per heavy atom. The van der Waals surface area contributed by atoms with Gasteiger partial charge >= 0.3 is 6.09 Å². The van der Waals surface area contributed by atoms with Gasteiger partial charge in [0.05, 0.1) is 16.3 Å². The van der Waals surface area contributed by atoms with E-state index < -0.39 is 31.2 Å². The molecule has 2 heterocycles. The zero-order chi connectivity index (χ0) is 24.8. The lowest BCUT2D eigenvalue weighted by atomic mass is 10.1. The van der Waals surface area contributed by atoms with Crippen LogP contribution in [0.4, 0.5) is 14.9 Å². The molecule has 2 aromatic heterocycles. The number of nitrogens with zero attached hydrogens (tertiary/aromatic N) is 3. The van der Waals surface area contributed by atoms with Gasteiger partial charge in [-0.15, -0.1) is 0 Å². The minimum absolute atomic E-state index is 0.0508. The first-order valence-corrected chi connectivity index (χ1v) is 11.0. The third kappa shape index (κ3) is 6.01. The van der Waals surface area contributed by atoms with Crippen molar-refractivity contribution < 1.29 is 23.5 Å². The number of aryl methyl sites for hydroxylation is 1. The molecule has 0 radical (unpaired) electrons. The zero-order valence-electron chi connectivity index (χ0n) is 17.4. The van der Waals surface area contributed by atoms with Crippen molar-refractivity contribution in [1.29, 1.82) is 0 Å². The van der Waals surface area contributed by atoms with E-state index in [2.05, 4.69) is 41.5 Å². The zero-order valence-corrected chi connectivity index (χ0v) is 20.5. The maximum atomic E-state index is 13.2. The highest BCUT2D eigenvalue weighted by atomic mass is 79.9. The molecule has 0 atom stereocenters. The first-order valence-electron chi connectivity index (χ1n) is 9.48. The molecule has 0 saturated heterocycles. The molecule has 0 aliphatic carbocycles. The Labute approximate surface area is 210 Å². The van der Waals surface area contributed by atoms with Crippen LogP contribution in [0.1, 0.15) is 26.4 Å². The molecule has 1 aromatic carbocycles. The van der Waals surface area contributed by atoms with Gasteiger partial charge in [0.15, 0.2) is 5.82 Å². The minimum Gasteiger partial charge on any atom is -0.446 e. The van der Waals surface area contributed by atoms with Crippen molar-refractivity contribution >= 4 is 62.7 Å². The van der Waals surface area contributed by atoms with Crippen LogP contribution in [0.2, 0.25) is 10.0 Å². The van der Waals surface area contributed by atoms with Crippen molar-refractivity contribution in [1.82, 2.24) is 25.6 Å². The van der Waals surface area contributed by atoms with Gasteiger partial charge in [0.2, 0.25) is 0 Å². The van der Waals surface area contributed by atoms with Crippen LogP contribution < -0.4 is 16.2 Å². The SMILES string of the molecule is Cc1cc(Cl)cc(C(=O)NNC(=O)OCCF)c1NC(=O)c1cc(Br)nn1-c1ncccc1Cl. The second-order valence-corrected chi connectivity index (χ2v) is 8.23. The number of anilines is 1. The van der Waals surface area contributed by atoms with Crippen LogP contribution in [-0.4, -0.2) is 46.0 Å². The van der Waals surface area contributed by atoms with Crippen molar-refractivity contribution in [2.24, 2.45) is 0 Å². The molecule has 0 bridgehead atoms. The van der Waals surface area contributed by atoms with E-state index in [9.17, 15) is 18.8 Å². The standard InChI is InChI=1S/C20H16BrCl2FN6O4/c1-10-7-11(22)8-12(18(31)27-28-20(33)34-6-4-24)16(10)26-19(32)14-9-15(21)29-30(14)17-13(23)3-2-5-25-17/h2-3,5,7-9H,4,6H2,1H3,(H,26,32)(H,27,31)(H,28,33). The Hall–Kier alpha value is -3.22. The number of halogens is 4. The molecular formula is C20H16BrCl2FN6O4. The predicted octanol–water partition coefficient (Wildman–Crippen LogP) is 4.24. The van der Waals surface area contributed by atoms with E-state index in [0.717, 1.165) is 0 Å². The Balaban J connectivity index is 1.89. The lowest BCUT2D eigenvalue weighted by molar-refractivity contribution is 0.0906. The maximum Gasteiger partial charge on any atom is 0.426 e. The number of pyridine rings is 1. The normalized spacial score (nSPS) is 10.5. The lowest BCUT2D eigenvalue weighted by Crippen LogP contribution is -2.42. The highest BCUT2D eigenvalue weighted by Gasteiger charge is 2.22.